The van der Waals surface area contributed by atoms with E-state index in [-0.39, 0.29) is 12.4 Å². The minimum Gasteiger partial charge on any atom is -1.00 e. The topological polar surface area (TPSA) is 35.4 Å². The minimum absolute atomic E-state index is 0. The van der Waals surface area contributed by atoms with Crippen molar-refractivity contribution in [1.29, 1.82) is 0 Å². The summed E-state index contributed by atoms with van der Waals surface area (Å²) in [4.78, 5) is 4.02. The largest absolute Gasteiger partial charge is 1.00 e. The van der Waals surface area contributed by atoms with Gasteiger partial charge in [-0.25, -0.2) is 0 Å². The summed E-state index contributed by atoms with van der Waals surface area (Å²) in [6.45, 7) is 5.42. The lowest BCUT2D eigenvalue weighted by Gasteiger charge is -2.33. The van der Waals surface area contributed by atoms with Crippen molar-refractivity contribution in [2.24, 2.45) is 0 Å². The van der Waals surface area contributed by atoms with E-state index in [2.05, 4.69) is 11.0 Å². The van der Waals surface area contributed by atoms with Crippen molar-refractivity contribution >= 4 is 17.3 Å². The van der Waals surface area contributed by atoms with Gasteiger partial charge in [0.25, 0.3) is 0 Å². The van der Waals surface area contributed by atoms with E-state index in [4.69, 9.17) is 25.8 Å². The van der Waals surface area contributed by atoms with Gasteiger partial charge in [-0.1, -0.05) is 17.7 Å². The molecule has 2 aromatic carbocycles. The molecule has 0 bridgehead atoms. The molecule has 0 aliphatic carbocycles. The summed E-state index contributed by atoms with van der Waals surface area (Å²) in [5, 5.41) is 0.796. The van der Waals surface area contributed by atoms with E-state index < -0.39 is 0 Å². The van der Waals surface area contributed by atoms with Crippen LogP contribution < -0.4 is 36.4 Å². The summed E-state index contributed by atoms with van der Waals surface area (Å²) in [5.74, 6) is 2.08. The van der Waals surface area contributed by atoms with Gasteiger partial charge in [-0.05, 0) is 35.9 Å². The Kier molecular flexibility index (Phi) is 8.55. The van der Waals surface area contributed by atoms with Crippen molar-refractivity contribution in [3.63, 3.8) is 0 Å². The molecule has 1 N–H and O–H groups in total. The molecule has 3 rings (SSSR count). The fourth-order valence-electron chi connectivity index (χ4n) is 3.60. The molecular weight excluding hydrogens is 399 g/mol. The molecule has 7 heteroatoms. The van der Waals surface area contributed by atoms with Crippen LogP contribution in [0.15, 0.2) is 36.4 Å². The van der Waals surface area contributed by atoms with E-state index in [1.807, 2.05) is 30.3 Å². The Morgan fingerprint density at radius 1 is 0.964 bits per heavy atom. The van der Waals surface area contributed by atoms with Crippen molar-refractivity contribution in [1.82, 2.24) is 0 Å². The predicted molar refractivity (Wildman–Crippen MR) is 109 cm³/mol. The molecule has 0 atom stereocenters. The number of nitrogens with zero attached hydrogens (tertiary/aromatic N) is 1. The molecule has 1 aliphatic rings. The maximum atomic E-state index is 6.12. The maximum absolute atomic E-state index is 6.12. The minimum atomic E-state index is 0. The molecule has 1 heterocycles. The number of halogens is 2. The van der Waals surface area contributed by atoms with E-state index in [0.717, 1.165) is 44.2 Å². The fourth-order valence-corrected chi connectivity index (χ4v) is 3.79. The lowest BCUT2D eigenvalue weighted by molar-refractivity contribution is -0.900. The maximum Gasteiger partial charge on any atom is 0.203 e. The SMILES string of the molecule is COc1cc(CC[NH+]2CCN(c3cccc(Cl)c3)CC2)cc(OC)c1OC.[Cl-]. The van der Waals surface area contributed by atoms with Gasteiger partial charge in [0.2, 0.25) is 5.75 Å². The smallest absolute Gasteiger partial charge is 0.203 e. The normalized spacial score (nSPS) is 14.4. The fraction of sp³-hybridized carbons (Fsp3) is 0.429. The number of nitrogens with one attached hydrogen (secondary N) is 1. The molecular formula is C21H28Cl2N2O3. The number of anilines is 1. The van der Waals surface area contributed by atoms with E-state index in [1.54, 1.807) is 26.2 Å². The van der Waals surface area contributed by atoms with Crippen molar-refractivity contribution in [2.45, 2.75) is 6.42 Å². The van der Waals surface area contributed by atoms with Crippen LogP contribution in [0.3, 0.4) is 0 Å². The first-order chi connectivity index (χ1) is 13.1. The summed E-state index contributed by atoms with van der Waals surface area (Å²) in [6, 6.07) is 12.2. The van der Waals surface area contributed by atoms with Crippen LogP contribution in [-0.4, -0.2) is 54.1 Å². The van der Waals surface area contributed by atoms with E-state index in [0.29, 0.717) is 17.2 Å². The highest BCUT2D eigenvalue weighted by Gasteiger charge is 2.21. The zero-order chi connectivity index (χ0) is 19.2. The standard InChI is InChI=1S/C21H27ClN2O3.ClH/c1-25-19-13-16(14-20(26-2)21(19)27-3)7-8-23-9-11-24(12-10-23)18-6-4-5-17(22)15-18;/h4-6,13-15H,7-12H2,1-3H3;1H. The summed E-state index contributed by atoms with van der Waals surface area (Å²) < 4.78 is 16.3. The van der Waals surface area contributed by atoms with Gasteiger partial charge in [0, 0.05) is 17.1 Å². The highest BCUT2D eigenvalue weighted by Crippen LogP contribution is 2.38. The summed E-state index contributed by atoms with van der Waals surface area (Å²) >= 11 is 6.12. The van der Waals surface area contributed by atoms with E-state index >= 15 is 0 Å². The van der Waals surface area contributed by atoms with Gasteiger partial charge in [0.1, 0.15) is 0 Å². The molecule has 5 nitrogen and oxygen atoms in total. The zero-order valence-electron chi connectivity index (χ0n) is 16.6. The van der Waals surface area contributed by atoms with Gasteiger partial charge < -0.3 is 36.4 Å². The summed E-state index contributed by atoms with van der Waals surface area (Å²) in [7, 11) is 4.94. The average Bonchev–Trinajstić information content (AvgIpc) is 2.71. The van der Waals surface area contributed by atoms with E-state index in [1.165, 1.54) is 11.3 Å². The van der Waals surface area contributed by atoms with Gasteiger partial charge in [-0.2, -0.15) is 0 Å². The van der Waals surface area contributed by atoms with Gasteiger partial charge in [0.05, 0.1) is 54.1 Å². The van der Waals surface area contributed by atoms with E-state index in [9.17, 15) is 0 Å². The first-order valence-electron chi connectivity index (χ1n) is 9.27. The number of ether oxygens (including phenoxy) is 3. The molecule has 0 amide bonds. The van der Waals surface area contributed by atoms with Gasteiger partial charge in [-0.3, -0.25) is 0 Å². The van der Waals surface area contributed by atoms with Crippen molar-refractivity contribution in [2.75, 3.05) is 59.0 Å². The molecule has 2 aromatic rings. The highest BCUT2D eigenvalue weighted by atomic mass is 35.5. The Hall–Kier alpha value is -1.82. The van der Waals surface area contributed by atoms with Crippen LogP contribution in [0.2, 0.25) is 5.02 Å². The lowest BCUT2D eigenvalue weighted by atomic mass is 10.1. The molecule has 1 saturated heterocycles. The van der Waals surface area contributed by atoms with Crippen LogP contribution in [0.25, 0.3) is 0 Å². The number of methoxy groups -OCH3 is 3. The zero-order valence-corrected chi connectivity index (χ0v) is 18.1. The number of quaternary nitrogens is 1. The Morgan fingerprint density at radius 3 is 2.14 bits per heavy atom. The number of hydrogen-bond acceptors (Lipinski definition) is 4. The predicted octanol–water partition coefficient (Wildman–Crippen LogP) is -0.683. The highest BCUT2D eigenvalue weighted by molar-refractivity contribution is 6.30. The Balaban J connectivity index is 0.00000280. The Bertz CT molecular complexity index is 740. The molecule has 0 aromatic heterocycles. The number of benzene rings is 2. The molecule has 1 fully saturated rings. The van der Waals surface area contributed by atoms with Crippen LogP contribution in [0, 0.1) is 0 Å². The molecule has 154 valence electrons. The summed E-state index contributed by atoms with van der Waals surface area (Å²) in [5.41, 5.74) is 2.42. The third-order valence-corrected chi connectivity index (χ3v) is 5.37. The first-order valence-corrected chi connectivity index (χ1v) is 9.65. The first kappa shape index (κ1) is 22.5. The second-order valence-electron chi connectivity index (χ2n) is 6.75. The third kappa shape index (κ3) is 5.37. The van der Waals surface area contributed by atoms with Gasteiger partial charge in [0.15, 0.2) is 11.5 Å². The monoisotopic (exact) mass is 426 g/mol. The van der Waals surface area contributed by atoms with Crippen LogP contribution in [0.4, 0.5) is 5.69 Å². The van der Waals surface area contributed by atoms with Crippen LogP contribution in [0.5, 0.6) is 17.2 Å². The quantitative estimate of drug-likeness (QED) is 0.635. The van der Waals surface area contributed by atoms with Gasteiger partial charge in [-0.15, -0.1) is 0 Å². The van der Waals surface area contributed by atoms with Crippen molar-refractivity contribution in [3.05, 3.63) is 47.0 Å². The van der Waals surface area contributed by atoms with Crippen molar-refractivity contribution in [3.8, 4) is 17.2 Å². The molecule has 1 aliphatic heterocycles. The second-order valence-corrected chi connectivity index (χ2v) is 7.19. The molecule has 28 heavy (non-hydrogen) atoms. The third-order valence-electron chi connectivity index (χ3n) is 5.14. The Morgan fingerprint density at radius 2 is 1.61 bits per heavy atom. The molecule has 0 spiro atoms. The van der Waals surface area contributed by atoms with Crippen LogP contribution in [0.1, 0.15) is 5.56 Å². The number of rotatable bonds is 7. The lowest BCUT2D eigenvalue weighted by Crippen LogP contribution is -3.15. The molecule has 0 saturated carbocycles. The van der Waals surface area contributed by atoms with Crippen LogP contribution >= 0.6 is 11.6 Å². The summed E-state index contributed by atoms with van der Waals surface area (Å²) in [6.07, 6.45) is 0.975. The molecule has 0 radical (unpaired) electrons. The number of hydrogen-bond donors (Lipinski definition) is 1. The average molecular weight is 427 g/mol. The Labute approximate surface area is 178 Å². The van der Waals surface area contributed by atoms with Crippen molar-refractivity contribution < 1.29 is 31.5 Å². The number of piperazine rings is 1. The second kappa shape index (κ2) is 10.6. The molecule has 0 unspecified atom stereocenters. The van der Waals surface area contributed by atoms with Gasteiger partial charge >= 0.3 is 0 Å². The van der Waals surface area contributed by atoms with Crippen LogP contribution in [-0.2, 0) is 6.42 Å².